The second-order valence-corrected chi connectivity index (χ2v) is 12.2. The normalized spacial score (nSPS) is 12.3. The molecule has 0 saturated heterocycles. The van der Waals surface area contributed by atoms with E-state index in [9.17, 15) is 18.0 Å². The molecule has 0 radical (unpaired) electrons. The Morgan fingerprint density at radius 1 is 1.11 bits per heavy atom. The van der Waals surface area contributed by atoms with E-state index in [2.05, 4.69) is 21.2 Å². The largest absolute Gasteiger partial charge is 0.354 e. The fourth-order valence-electron chi connectivity index (χ4n) is 3.42. The van der Waals surface area contributed by atoms with E-state index in [1.165, 1.54) is 4.90 Å². The number of benzene rings is 2. The Balaban J connectivity index is 2.46. The lowest BCUT2D eigenvalue weighted by atomic mass is 10.1. The molecule has 0 unspecified atom stereocenters. The van der Waals surface area contributed by atoms with Crippen molar-refractivity contribution in [2.24, 2.45) is 5.92 Å². The molecular formula is C24H30BrCl2N3O4S. The molecule has 2 aromatic carbocycles. The number of halogens is 3. The van der Waals surface area contributed by atoms with Crippen molar-refractivity contribution in [2.45, 2.75) is 39.8 Å². The molecule has 0 heterocycles. The third kappa shape index (κ3) is 8.66. The van der Waals surface area contributed by atoms with Gasteiger partial charge in [-0.25, -0.2) is 8.42 Å². The number of nitrogens with one attached hydrogen (secondary N) is 1. The molecule has 0 spiro atoms. The highest BCUT2D eigenvalue weighted by molar-refractivity contribution is 9.10. The van der Waals surface area contributed by atoms with Crippen molar-refractivity contribution in [3.8, 4) is 0 Å². The van der Waals surface area contributed by atoms with Gasteiger partial charge in [-0.1, -0.05) is 72.0 Å². The van der Waals surface area contributed by atoms with Crippen LogP contribution in [-0.4, -0.2) is 50.5 Å². The maximum atomic E-state index is 13.6. The minimum atomic E-state index is -3.80. The summed E-state index contributed by atoms with van der Waals surface area (Å²) in [7, 11) is -3.80. The molecule has 0 saturated carbocycles. The van der Waals surface area contributed by atoms with Crippen LogP contribution in [0.15, 0.2) is 46.9 Å². The SMILES string of the molecule is CC[C@H](C(=O)NCC(C)C)N(Cc1ccc(Cl)cc1Cl)C(=O)CN(c1cccc(Br)c1)S(C)(=O)=O. The van der Waals surface area contributed by atoms with Gasteiger partial charge in [0.2, 0.25) is 21.8 Å². The van der Waals surface area contributed by atoms with Crippen molar-refractivity contribution in [1.82, 2.24) is 10.2 Å². The Hall–Kier alpha value is -1.81. The van der Waals surface area contributed by atoms with Gasteiger partial charge in [0, 0.05) is 27.6 Å². The molecule has 1 atom stereocenters. The lowest BCUT2D eigenvalue weighted by molar-refractivity contribution is -0.140. The van der Waals surface area contributed by atoms with Crippen molar-refractivity contribution in [3.05, 3.63) is 62.5 Å². The van der Waals surface area contributed by atoms with Crippen molar-refractivity contribution >= 4 is 66.7 Å². The van der Waals surface area contributed by atoms with Gasteiger partial charge in [-0.2, -0.15) is 0 Å². The van der Waals surface area contributed by atoms with E-state index < -0.39 is 28.5 Å². The van der Waals surface area contributed by atoms with Crippen molar-refractivity contribution < 1.29 is 18.0 Å². The van der Waals surface area contributed by atoms with Gasteiger partial charge in [0.15, 0.2) is 0 Å². The van der Waals surface area contributed by atoms with Gasteiger partial charge in [0.05, 0.1) is 11.9 Å². The number of hydrogen-bond acceptors (Lipinski definition) is 4. The van der Waals surface area contributed by atoms with E-state index in [0.717, 1.165) is 10.6 Å². The molecule has 35 heavy (non-hydrogen) atoms. The highest BCUT2D eigenvalue weighted by Gasteiger charge is 2.32. The molecule has 0 aliphatic carbocycles. The first-order valence-electron chi connectivity index (χ1n) is 11.1. The first-order valence-corrected chi connectivity index (χ1v) is 14.5. The monoisotopic (exact) mass is 605 g/mol. The maximum Gasteiger partial charge on any atom is 0.244 e. The van der Waals surface area contributed by atoms with Crippen LogP contribution in [0.2, 0.25) is 10.0 Å². The summed E-state index contributed by atoms with van der Waals surface area (Å²) in [5.41, 5.74) is 0.921. The fraction of sp³-hybridized carbons (Fsp3) is 0.417. The molecule has 2 amide bonds. The van der Waals surface area contributed by atoms with Crippen LogP contribution in [-0.2, 0) is 26.2 Å². The van der Waals surface area contributed by atoms with E-state index in [1.807, 2.05) is 13.8 Å². The summed E-state index contributed by atoms with van der Waals surface area (Å²) >= 11 is 15.7. The molecule has 0 bridgehead atoms. The molecule has 0 aliphatic heterocycles. The average molecular weight is 607 g/mol. The van der Waals surface area contributed by atoms with Crippen LogP contribution in [0.3, 0.4) is 0 Å². The number of amides is 2. The lowest BCUT2D eigenvalue weighted by Crippen LogP contribution is -2.52. The third-order valence-electron chi connectivity index (χ3n) is 5.20. The Morgan fingerprint density at radius 2 is 1.80 bits per heavy atom. The van der Waals surface area contributed by atoms with Gasteiger partial charge in [0.1, 0.15) is 12.6 Å². The third-order valence-corrected chi connectivity index (χ3v) is 7.42. The molecule has 1 N–H and O–H groups in total. The second-order valence-electron chi connectivity index (χ2n) is 8.57. The quantitative estimate of drug-likeness (QED) is 0.385. The van der Waals surface area contributed by atoms with E-state index in [1.54, 1.807) is 49.4 Å². The number of anilines is 1. The Morgan fingerprint density at radius 3 is 2.34 bits per heavy atom. The number of carbonyl (C=O) groups is 2. The molecular weight excluding hydrogens is 577 g/mol. The van der Waals surface area contributed by atoms with Crippen LogP contribution in [0.1, 0.15) is 32.8 Å². The molecule has 0 aromatic heterocycles. The average Bonchev–Trinajstić information content (AvgIpc) is 2.76. The minimum Gasteiger partial charge on any atom is -0.354 e. The van der Waals surface area contributed by atoms with Crippen LogP contribution in [0.25, 0.3) is 0 Å². The van der Waals surface area contributed by atoms with Crippen molar-refractivity contribution in [3.63, 3.8) is 0 Å². The number of nitrogens with zero attached hydrogens (tertiary/aromatic N) is 2. The Labute approximate surface area is 225 Å². The molecule has 0 aliphatic rings. The van der Waals surface area contributed by atoms with Gasteiger partial charge in [-0.15, -0.1) is 0 Å². The predicted octanol–water partition coefficient (Wildman–Crippen LogP) is 5.10. The minimum absolute atomic E-state index is 0.0124. The zero-order chi connectivity index (χ0) is 26.3. The van der Waals surface area contributed by atoms with E-state index in [4.69, 9.17) is 23.2 Å². The number of rotatable bonds is 11. The first kappa shape index (κ1) is 29.4. The topological polar surface area (TPSA) is 86.8 Å². The summed E-state index contributed by atoms with van der Waals surface area (Å²) in [6, 6.07) is 10.7. The summed E-state index contributed by atoms with van der Waals surface area (Å²) in [6.45, 7) is 5.73. The highest BCUT2D eigenvalue weighted by Crippen LogP contribution is 2.26. The van der Waals surface area contributed by atoms with Gasteiger partial charge in [-0.05, 0) is 48.2 Å². The molecule has 7 nitrogen and oxygen atoms in total. The zero-order valence-electron chi connectivity index (χ0n) is 20.1. The highest BCUT2D eigenvalue weighted by atomic mass is 79.9. The second kappa shape index (κ2) is 12.9. The predicted molar refractivity (Wildman–Crippen MR) is 145 cm³/mol. The fourth-order valence-corrected chi connectivity index (χ4v) is 5.12. The lowest BCUT2D eigenvalue weighted by Gasteiger charge is -2.33. The van der Waals surface area contributed by atoms with Crippen molar-refractivity contribution in [1.29, 1.82) is 0 Å². The van der Waals surface area contributed by atoms with Crippen LogP contribution < -0.4 is 9.62 Å². The van der Waals surface area contributed by atoms with E-state index in [-0.39, 0.29) is 18.4 Å². The van der Waals surface area contributed by atoms with Gasteiger partial charge in [-0.3, -0.25) is 13.9 Å². The number of sulfonamides is 1. The Bertz CT molecular complexity index is 1160. The number of carbonyl (C=O) groups excluding carboxylic acids is 2. The summed E-state index contributed by atoms with van der Waals surface area (Å²) in [5, 5.41) is 3.66. The maximum absolute atomic E-state index is 13.6. The summed E-state index contributed by atoms with van der Waals surface area (Å²) in [5.74, 6) is -0.621. The molecule has 192 valence electrons. The van der Waals surface area contributed by atoms with Crippen LogP contribution in [0.4, 0.5) is 5.69 Å². The smallest absolute Gasteiger partial charge is 0.244 e. The first-order chi connectivity index (χ1) is 16.3. The number of hydrogen-bond donors (Lipinski definition) is 1. The molecule has 0 fully saturated rings. The van der Waals surface area contributed by atoms with E-state index >= 15 is 0 Å². The van der Waals surface area contributed by atoms with Crippen molar-refractivity contribution in [2.75, 3.05) is 23.7 Å². The van der Waals surface area contributed by atoms with Gasteiger partial charge < -0.3 is 10.2 Å². The molecule has 2 rings (SSSR count). The van der Waals surface area contributed by atoms with Crippen LogP contribution in [0.5, 0.6) is 0 Å². The van der Waals surface area contributed by atoms with E-state index in [0.29, 0.717) is 38.7 Å². The standard InChI is InChI=1S/C24H30BrCl2N3O4S/c1-5-22(24(32)28-13-16(2)3)29(14-17-9-10-19(26)12-21(17)27)23(31)15-30(35(4,33)34)20-8-6-7-18(25)11-20/h6-12,16,22H,5,13-15H2,1-4H3,(H,28,32)/t22-/m1/s1. The van der Waals surface area contributed by atoms with Gasteiger partial charge in [0.25, 0.3) is 0 Å². The van der Waals surface area contributed by atoms with Gasteiger partial charge >= 0.3 is 0 Å². The summed E-state index contributed by atoms with van der Waals surface area (Å²) < 4.78 is 26.9. The Kier molecular flexibility index (Phi) is 10.9. The zero-order valence-corrected chi connectivity index (χ0v) is 24.0. The molecule has 11 heteroatoms. The summed E-state index contributed by atoms with van der Waals surface area (Å²) in [6.07, 6.45) is 1.37. The molecule has 2 aromatic rings. The summed E-state index contributed by atoms with van der Waals surface area (Å²) in [4.78, 5) is 28.1. The van der Waals surface area contributed by atoms with Crippen LogP contribution >= 0.6 is 39.1 Å². The van der Waals surface area contributed by atoms with Crippen LogP contribution in [0, 0.1) is 5.92 Å².